The summed E-state index contributed by atoms with van der Waals surface area (Å²) in [4.78, 5) is 12.5. The van der Waals surface area contributed by atoms with Gasteiger partial charge in [-0.3, -0.25) is 4.79 Å². The molecule has 0 bridgehead atoms. The highest BCUT2D eigenvalue weighted by Crippen LogP contribution is 2.38. The van der Waals surface area contributed by atoms with Crippen LogP contribution in [0.4, 0.5) is 0 Å². The summed E-state index contributed by atoms with van der Waals surface area (Å²) in [5.74, 6) is 0.348. The molecule has 7 N–H and O–H groups in total. The fourth-order valence-corrected chi connectivity index (χ4v) is 4.75. The van der Waals surface area contributed by atoms with Gasteiger partial charge in [-0.2, -0.15) is 0 Å². The van der Waals surface area contributed by atoms with Gasteiger partial charge >= 0.3 is 0 Å². The SMILES string of the molecule is O=C1C[C@@H](c2ccc(O[C@H]3O[C@@H](CO)[C@H](O)[C@@H](O)[C@@H]3O[C@@H]3OC[C@@](O)(CO)[C@@H]3O)cc2)Oc2cc(O)ccc21. The van der Waals surface area contributed by atoms with Crippen LogP contribution in [0.2, 0.25) is 0 Å². The first kappa shape index (κ1) is 27.7. The number of phenolic OH excluding ortho intramolecular Hbond substituents is 1. The van der Waals surface area contributed by atoms with E-state index in [2.05, 4.69) is 0 Å². The number of ketones is 1. The lowest BCUT2D eigenvalue weighted by Crippen LogP contribution is -2.62. The van der Waals surface area contributed by atoms with Crippen LogP contribution in [0.3, 0.4) is 0 Å². The van der Waals surface area contributed by atoms with E-state index >= 15 is 0 Å². The normalized spacial score (nSPS) is 36.3. The van der Waals surface area contributed by atoms with Crippen LogP contribution in [0.1, 0.15) is 28.4 Å². The molecule has 0 radical (unpaired) electrons. The van der Waals surface area contributed by atoms with Crippen molar-refractivity contribution in [1.82, 2.24) is 0 Å². The lowest BCUT2D eigenvalue weighted by molar-refractivity contribution is -0.318. The van der Waals surface area contributed by atoms with Gasteiger partial charge in [0.2, 0.25) is 6.29 Å². The van der Waals surface area contributed by atoms with Crippen LogP contribution in [-0.4, -0.2) is 110 Å². The molecule has 0 saturated carbocycles. The highest BCUT2D eigenvalue weighted by Gasteiger charge is 2.53. The summed E-state index contributed by atoms with van der Waals surface area (Å²) in [6.45, 7) is -1.88. The van der Waals surface area contributed by atoms with Crippen molar-refractivity contribution >= 4 is 5.78 Å². The van der Waals surface area contributed by atoms with Crippen LogP contribution in [0.25, 0.3) is 0 Å². The summed E-state index contributed by atoms with van der Waals surface area (Å²) in [5.41, 5.74) is -0.945. The molecule has 3 aliphatic heterocycles. The van der Waals surface area contributed by atoms with Crippen LogP contribution >= 0.6 is 0 Å². The maximum Gasteiger partial charge on any atom is 0.229 e. The molecule has 0 aliphatic carbocycles. The Labute approximate surface area is 222 Å². The van der Waals surface area contributed by atoms with Gasteiger partial charge in [0, 0.05) is 6.07 Å². The first-order valence-corrected chi connectivity index (χ1v) is 12.3. The maximum atomic E-state index is 12.5. The second kappa shape index (κ2) is 11.0. The Hall–Kier alpha value is -2.85. The standard InChI is InChI=1S/C26H30O13/c27-9-19-20(31)21(32)22(39-25-23(33)26(34,10-28)11-35-25)24(38-19)36-14-4-1-12(2-5-14)17-8-16(30)15-6-3-13(29)7-18(15)37-17/h1-7,17,19-25,27-29,31-34H,8-11H2/t17-,19-,20-,21+,22-,23+,24-,25-,26-/m0/s1. The van der Waals surface area contributed by atoms with E-state index in [1.165, 1.54) is 18.2 Å². The van der Waals surface area contributed by atoms with Gasteiger partial charge in [0.1, 0.15) is 53.4 Å². The number of ether oxygens (including phenoxy) is 5. The van der Waals surface area contributed by atoms with Gasteiger partial charge in [-0.1, -0.05) is 12.1 Å². The fraction of sp³-hybridized carbons (Fsp3) is 0.500. The maximum absolute atomic E-state index is 12.5. The van der Waals surface area contributed by atoms with E-state index in [1.54, 1.807) is 24.3 Å². The third-order valence-electron chi connectivity index (χ3n) is 7.11. The zero-order valence-electron chi connectivity index (χ0n) is 20.6. The number of aliphatic hydroxyl groups excluding tert-OH is 5. The molecule has 13 heteroatoms. The molecule has 3 aliphatic rings. The molecule has 5 rings (SSSR count). The van der Waals surface area contributed by atoms with Crippen LogP contribution < -0.4 is 9.47 Å². The van der Waals surface area contributed by atoms with E-state index < -0.39 is 74.6 Å². The lowest BCUT2D eigenvalue weighted by atomic mass is 9.96. The predicted octanol–water partition coefficient (Wildman–Crippen LogP) is -1.26. The van der Waals surface area contributed by atoms with E-state index in [-0.39, 0.29) is 29.5 Å². The summed E-state index contributed by atoms with van der Waals surface area (Å²) in [6, 6.07) is 10.7. The number of fused-ring (bicyclic) bond motifs is 1. The van der Waals surface area contributed by atoms with E-state index in [0.717, 1.165) is 0 Å². The Kier molecular flexibility index (Phi) is 7.79. The second-order valence-corrected chi connectivity index (χ2v) is 9.79. The summed E-state index contributed by atoms with van der Waals surface area (Å²) < 4.78 is 28.3. The van der Waals surface area contributed by atoms with Gasteiger partial charge in [0.05, 0.1) is 31.8 Å². The van der Waals surface area contributed by atoms with Crippen LogP contribution in [0.5, 0.6) is 17.2 Å². The van der Waals surface area contributed by atoms with Crippen molar-refractivity contribution in [1.29, 1.82) is 0 Å². The summed E-state index contributed by atoms with van der Waals surface area (Å²) in [6.07, 6.45) is -10.9. The predicted molar refractivity (Wildman–Crippen MR) is 128 cm³/mol. The minimum atomic E-state index is -1.98. The third-order valence-corrected chi connectivity index (χ3v) is 7.11. The zero-order chi connectivity index (χ0) is 27.9. The molecule has 0 amide bonds. The second-order valence-electron chi connectivity index (χ2n) is 9.79. The Bertz CT molecular complexity index is 1170. The fourth-order valence-electron chi connectivity index (χ4n) is 4.75. The number of hydrogen-bond acceptors (Lipinski definition) is 13. The minimum Gasteiger partial charge on any atom is -0.508 e. The van der Waals surface area contributed by atoms with Gasteiger partial charge in [0.15, 0.2) is 18.2 Å². The average Bonchev–Trinajstić information content (AvgIpc) is 3.21. The third kappa shape index (κ3) is 5.33. The molecule has 2 fully saturated rings. The number of Topliss-reactive ketones (excluding diaryl/α,β-unsaturated/α-hetero) is 1. The molecule has 0 unspecified atom stereocenters. The first-order chi connectivity index (χ1) is 18.6. The number of aliphatic hydroxyl groups is 6. The average molecular weight is 551 g/mol. The monoisotopic (exact) mass is 550 g/mol. The van der Waals surface area contributed by atoms with Crippen molar-refractivity contribution in [3.63, 3.8) is 0 Å². The van der Waals surface area contributed by atoms with Crippen LogP contribution in [0.15, 0.2) is 42.5 Å². The molecule has 0 aromatic heterocycles. The number of benzene rings is 2. The summed E-state index contributed by atoms with van der Waals surface area (Å²) in [7, 11) is 0. The topological polar surface area (TPSA) is 205 Å². The number of phenols is 1. The van der Waals surface area contributed by atoms with E-state index in [0.29, 0.717) is 11.1 Å². The zero-order valence-corrected chi connectivity index (χ0v) is 20.6. The Morgan fingerprint density at radius 3 is 2.41 bits per heavy atom. The highest BCUT2D eigenvalue weighted by atomic mass is 16.8. The van der Waals surface area contributed by atoms with Crippen molar-refractivity contribution in [3.05, 3.63) is 53.6 Å². The number of aromatic hydroxyl groups is 1. The lowest BCUT2D eigenvalue weighted by Gasteiger charge is -2.42. The number of carbonyl (C=O) groups excluding carboxylic acids is 1. The molecule has 39 heavy (non-hydrogen) atoms. The molecular formula is C26H30O13. The number of carbonyl (C=O) groups is 1. The Morgan fingerprint density at radius 1 is 1.00 bits per heavy atom. The molecule has 2 aromatic carbocycles. The van der Waals surface area contributed by atoms with Gasteiger partial charge < -0.3 is 59.4 Å². The van der Waals surface area contributed by atoms with Gasteiger partial charge in [-0.05, 0) is 29.8 Å². The van der Waals surface area contributed by atoms with Crippen molar-refractivity contribution in [2.45, 2.75) is 61.2 Å². The molecule has 13 nitrogen and oxygen atoms in total. The van der Waals surface area contributed by atoms with Gasteiger partial charge in [0.25, 0.3) is 0 Å². The Morgan fingerprint density at radius 2 is 1.74 bits per heavy atom. The van der Waals surface area contributed by atoms with Crippen molar-refractivity contribution < 1.29 is 64.2 Å². The highest BCUT2D eigenvalue weighted by molar-refractivity contribution is 6.00. The molecular weight excluding hydrogens is 520 g/mol. The quantitative estimate of drug-likeness (QED) is 0.215. The van der Waals surface area contributed by atoms with E-state index in [4.69, 9.17) is 23.7 Å². The molecule has 3 heterocycles. The smallest absolute Gasteiger partial charge is 0.229 e. The molecule has 2 saturated heterocycles. The minimum absolute atomic E-state index is 0.0275. The number of rotatable bonds is 7. The molecule has 2 aromatic rings. The van der Waals surface area contributed by atoms with E-state index in [1.807, 2.05) is 0 Å². The van der Waals surface area contributed by atoms with Crippen molar-refractivity contribution in [3.8, 4) is 17.2 Å². The number of hydrogen-bond donors (Lipinski definition) is 7. The van der Waals surface area contributed by atoms with E-state index in [9.17, 15) is 40.5 Å². The summed E-state index contributed by atoms with van der Waals surface area (Å²) in [5, 5.41) is 70.3. The molecule has 0 spiro atoms. The molecule has 9 atom stereocenters. The van der Waals surface area contributed by atoms with Crippen LogP contribution in [-0.2, 0) is 14.2 Å². The summed E-state index contributed by atoms with van der Waals surface area (Å²) >= 11 is 0. The van der Waals surface area contributed by atoms with Gasteiger partial charge in [-0.15, -0.1) is 0 Å². The van der Waals surface area contributed by atoms with Crippen molar-refractivity contribution in [2.75, 3.05) is 19.8 Å². The Balaban J connectivity index is 1.31. The largest absolute Gasteiger partial charge is 0.508 e. The first-order valence-electron chi connectivity index (χ1n) is 12.3. The van der Waals surface area contributed by atoms with Crippen LogP contribution in [0, 0.1) is 0 Å². The van der Waals surface area contributed by atoms with Crippen molar-refractivity contribution in [2.24, 2.45) is 0 Å². The molecule has 212 valence electrons. The van der Waals surface area contributed by atoms with Gasteiger partial charge in [-0.25, -0.2) is 0 Å².